The third-order valence-corrected chi connectivity index (χ3v) is 5.44. The number of nitrogens with zero attached hydrogens (tertiary/aromatic N) is 2. The molecule has 1 aromatic rings. The van der Waals surface area contributed by atoms with Crippen LogP contribution in [0.3, 0.4) is 0 Å². The second kappa shape index (κ2) is 5.90. The molecule has 1 saturated heterocycles. The molecule has 1 aliphatic rings. The van der Waals surface area contributed by atoms with Crippen molar-refractivity contribution in [1.29, 1.82) is 0 Å². The summed E-state index contributed by atoms with van der Waals surface area (Å²) in [5.41, 5.74) is 1.40. The third-order valence-electron chi connectivity index (χ3n) is 4.48. The lowest BCUT2D eigenvalue weighted by Crippen LogP contribution is -2.63. The molecule has 1 fully saturated rings. The van der Waals surface area contributed by atoms with Crippen molar-refractivity contribution in [2.75, 3.05) is 13.1 Å². The molecule has 19 heavy (non-hydrogen) atoms. The Labute approximate surface area is 121 Å². The van der Waals surface area contributed by atoms with Crippen molar-refractivity contribution in [3.63, 3.8) is 0 Å². The van der Waals surface area contributed by atoms with Crippen LogP contribution in [0.1, 0.15) is 44.8 Å². The van der Waals surface area contributed by atoms with Crippen LogP contribution in [-0.2, 0) is 6.54 Å². The Hall–Kier alpha value is -0.450. The average molecular weight is 281 g/mol. The maximum Gasteiger partial charge on any atom is 0.107 e. The van der Waals surface area contributed by atoms with Crippen LogP contribution in [0.15, 0.2) is 5.38 Å². The molecule has 0 bridgehead atoms. The summed E-state index contributed by atoms with van der Waals surface area (Å²) in [4.78, 5) is 7.26. The van der Waals surface area contributed by atoms with Gasteiger partial charge in [-0.2, -0.15) is 0 Å². The first-order valence-electron chi connectivity index (χ1n) is 7.34. The molecule has 1 aliphatic heterocycles. The van der Waals surface area contributed by atoms with E-state index in [0.29, 0.717) is 12.0 Å². The van der Waals surface area contributed by atoms with Crippen LogP contribution in [0.5, 0.6) is 0 Å². The van der Waals surface area contributed by atoms with Crippen LogP contribution in [-0.4, -0.2) is 34.6 Å². The normalized spacial score (nSPS) is 29.1. The molecule has 2 atom stereocenters. The second-order valence-corrected chi connectivity index (χ2v) is 7.29. The Balaban J connectivity index is 2.11. The fourth-order valence-corrected chi connectivity index (χ4v) is 3.46. The minimum absolute atomic E-state index is 0.255. The third kappa shape index (κ3) is 3.36. The molecule has 2 rings (SSSR count). The Bertz CT molecular complexity index is 415. The molecule has 2 heterocycles. The molecule has 0 aliphatic carbocycles. The van der Waals surface area contributed by atoms with Gasteiger partial charge in [0.15, 0.2) is 0 Å². The zero-order valence-electron chi connectivity index (χ0n) is 12.9. The molecule has 0 amide bonds. The Kier molecular flexibility index (Phi) is 4.64. The van der Waals surface area contributed by atoms with Crippen LogP contribution in [0.25, 0.3) is 0 Å². The van der Waals surface area contributed by atoms with Crippen LogP contribution < -0.4 is 5.32 Å². The molecule has 108 valence electrons. The highest BCUT2D eigenvalue weighted by molar-refractivity contribution is 7.09. The average Bonchev–Trinajstić information content (AvgIpc) is 2.77. The molecule has 0 radical (unpaired) electrons. The molecular weight excluding hydrogens is 254 g/mol. The molecule has 0 spiro atoms. The molecule has 0 aromatic carbocycles. The van der Waals surface area contributed by atoms with E-state index >= 15 is 0 Å². The standard InChI is InChI=1S/C15H27N3S/c1-6-15(5)10-16-13(11(2)3)7-18(15)8-14-17-12(4)9-19-14/h9,11,13,16H,6-8,10H2,1-5H3. The zero-order chi connectivity index (χ0) is 14.0. The summed E-state index contributed by atoms with van der Waals surface area (Å²) in [6.07, 6.45) is 1.18. The van der Waals surface area contributed by atoms with Gasteiger partial charge < -0.3 is 5.32 Å². The highest BCUT2D eigenvalue weighted by Crippen LogP contribution is 2.27. The Morgan fingerprint density at radius 3 is 2.84 bits per heavy atom. The van der Waals surface area contributed by atoms with Gasteiger partial charge in [0.1, 0.15) is 5.01 Å². The molecule has 2 unspecified atom stereocenters. The quantitative estimate of drug-likeness (QED) is 0.919. The summed E-state index contributed by atoms with van der Waals surface area (Å²) < 4.78 is 0. The summed E-state index contributed by atoms with van der Waals surface area (Å²) in [5, 5.41) is 7.13. The van der Waals surface area contributed by atoms with E-state index in [4.69, 9.17) is 0 Å². The second-order valence-electron chi connectivity index (χ2n) is 6.35. The number of piperazine rings is 1. The van der Waals surface area contributed by atoms with Crippen molar-refractivity contribution >= 4 is 11.3 Å². The smallest absolute Gasteiger partial charge is 0.107 e. The molecule has 3 nitrogen and oxygen atoms in total. The van der Waals surface area contributed by atoms with E-state index in [2.05, 4.69) is 55.2 Å². The number of hydrogen-bond acceptors (Lipinski definition) is 4. The van der Waals surface area contributed by atoms with Gasteiger partial charge in [-0.3, -0.25) is 4.90 Å². The van der Waals surface area contributed by atoms with Gasteiger partial charge in [0.25, 0.3) is 0 Å². The van der Waals surface area contributed by atoms with E-state index in [1.807, 2.05) is 0 Å². The zero-order valence-corrected chi connectivity index (χ0v) is 13.7. The lowest BCUT2D eigenvalue weighted by Gasteiger charge is -2.48. The minimum Gasteiger partial charge on any atom is -0.311 e. The first-order valence-corrected chi connectivity index (χ1v) is 8.22. The van der Waals surface area contributed by atoms with Crippen molar-refractivity contribution in [3.05, 3.63) is 16.1 Å². The first-order chi connectivity index (χ1) is 8.94. The van der Waals surface area contributed by atoms with E-state index in [1.165, 1.54) is 11.4 Å². The number of aromatic nitrogens is 1. The highest BCUT2D eigenvalue weighted by Gasteiger charge is 2.37. The Morgan fingerprint density at radius 2 is 2.32 bits per heavy atom. The number of nitrogens with one attached hydrogen (secondary N) is 1. The van der Waals surface area contributed by atoms with Gasteiger partial charge in [0.2, 0.25) is 0 Å². The number of aryl methyl sites for hydroxylation is 1. The van der Waals surface area contributed by atoms with E-state index in [-0.39, 0.29) is 5.54 Å². The van der Waals surface area contributed by atoms with Crippen molar-refractivity contribution < 1.29 is 0 Å². The predicted octanol–water partition coefficient (Wildman–Crippen LogP) is 3.05. The maximum absolute atomic E-state index is 4.63. The lowest BCUT2D eigenvalue weighted by molar-refractivity contribution is 0.0316. The molecule has 1 aromatic heterocycles. The monoisotopic (exact) mass is 281 g/mol. The molecular formula is C15H27N3S. The van der Waals surface area contributed by atoms with Gasteiger partial charge in [-0.15, -0.1) is 11.3 Å². The number of hydrogen-bond donors (Lipinski definition) is 1. The van der Waals surface area contributed by atoms with Crippen molar-refractivity contribution in [1.82, 2.24) is 15.2 Å². The first kappa shape index (κ1) is 14.9. The van der Waals surface area contributed by atoms with Crippen molar-refractivity contribution in [3.8, 4) is 0 Å². The maximum atomic E-state index is 4.63. The molecule has 0 saturated carbocycles. The van der Waals surface area contributed by atoms with Gasteiger partial charge in [0.05, 0.1) is 6.54 Å². The van der Waals surface area contributed by atoms with E-state index in [9.17, 15) is 0 Å². The summed E-state index contributed by atoms with van der Waals surface area (Å²) in [5.74, 6) is 0.682. The fraction of sp³-hybridized carbons (Fsp3) is 0.800. The van der Waals surface area contributed by atoms with Crippen LogP contribution in [0.4, 0.5) is 0 Å². The van der Waals surface area contributed by atoms with Gasteiger partial charge in [-0.25, -0.2) is 4.98 Å². The topological polar surface area (TPSA) is 28.2 Å². The molecule has 1 N–H and O–H groups in total. The Morgan fingerprint density at radius 1 is 1.58 bits per heavy atom. The molecule has 4 heteroatoms. The SMILES string of the molecule is CCC1(C)CNC(C(C)C)CN1Cc1nc(C)cs1. The largest absolute Gasteiger partial charge is 0.311 e. The lowest BCUT2D eigenvalue weighted by atomic mass is 9.89. The number of thiazole rings is 1. The summed E-state index contributed by atoms with van der Waals surface area (Å²) in [7, 11) is 0. The van der Waals surface area contributed by atoms with Crippen LogP contribution in [0.2, 0.25) is 0 Å². The van der Waals surface area contributed by atoms with Crippen LogP contribution in [0, 0.1) is 12.8 Å². The minimum atomic E-state index is 0.255. The highest BCUT2D eigenvalue weighted by atomic mass is 32.1. The van der Waals surface area contributed by atoms with E-state index in [0.717, 1.165) is 25.3 Å². The van der Waals surface area contributed by atoms with E-state index < -0.39 is 0 Å². The van der Waals surface area contributed by atoms with Gasteiger partial charge in [-0.05, 0) is 26.2 Å². The fourth-order valence-electron chi connectivity index (χ4n) is 2.67. The van der Waals surface area contributed by atoms with E-state index in [1.54, 1.807) is 11.3 Å². The van der Waals surface area contributed by atoms with Gasteiger partial charge >= 0.3 is 0 Å². The van der Waals surface area contributed by atoms with Crippen molar-refractivity contribution in [2.45, 2.75) is 59.2 Å². The summed E-state index contributed by atoms with van der Waals surface area (Å²) >= 11 is 1.79. The summed E-state index contributed by atoms with van der Waals surface area (Å²) in [6, 6.07) is 0.598. The van der Waals surface area contributed by atoms with Gasteiger partial charge in [0, 0.05) is 35.7 Å². The summed E-state index contributed by atoms with van der Waals surface area (Å²) in [6.45, 7) is 14.5. The van der Waals surface area contributed by atoms with Gasteiger partial charge in [-0.1, -0.05) is 20.8 Å². The van der Waals surface area contributed by atoms with Crippen LogP contribution >= 0.6 is 11.3 Å². The number of rotatable bonds is 4. The predicted molar refractivity (Wildman–Crippen MR) is 82.6 cm³/mol. The van der Waals surface area contributed by atoms with Crippen molar-refractivity contribution in [2.24, 2.45) is 5.92 Å².